The van der Waals surface area contributed by atoms with Gasteiger partial charge in [0, 0.05) is 17.8 Å². The van der Waals surface area contributed by atoms with Crippen molar-refractivity contribution in [2.75, 3.05) is 13.1 Å². The van der Waals surface area contributed by atoms with Gasteiger partial charge < -0.3 is 10.6 Å². The highest BCUT2D eigenvalue weighted by molar-refractivity contribution is 7.80. The Morgan fingerprint density at radius 2 is 2.33 bits per heavy atom. The number of rotatable bonds is 8. The molecule has 0 aliphatic rings. The molecule has 1 aromatic rings. The summed E-state index contributed by atoms with van der Waals surface area (Å²) in [6, 6.07) is 4.14. The van der Waals surface area contributed by atoms with Crippen LogP contribution in [0.3, 0.4) is 0 Å². The van der Waals surface area contributed by atoms with Crippen molar-refractivity contribution in [1.82, 2.24) is 4.90 Å². The largest absolute Gasteiger partial charge is 0.392 e. The molecule has 1 amide bonds. The summed E-state index contributed by atoms with van der Waals surface area (Å²) in [7, 11) is 0. The minimum Gasteiger partial charge on any atom is -0.392 e. The van der Waals surface area contributed by atoms with E-state index in [2.05, 4.69) is 11.4 Å². The van der Waals surface area contributed by atoms with E-state index in [1.807, 2.05) is 13.0 Å². The Kier molecular flexibility index (Phi) is 6.90. The van der Waals surface area contributed by atoms with Gasteiger partial charge in [0.15, 0.2) is 0 Å². The number of amides is 1. The quantitative estimate of drug-likeness (QED) is 0.746. The summed E-state index contributed by atoms with van der Waals surface area (Å²) >= 11 is 6.61. The predicted octanol–water partition coefficient (Wildman–Crippen LogP) is 2.60. The number of thiophene rings is 1. The van der Waals surface area contributed by atoms with Crippen LogP contribution < -0.4 is 5.73 Å². The Hall–Kier alpha value is -0.940. The number of aryl methyl sites for hydroxylation is 1. The fourth-order valence-electron chi connectivity index (χ4n) is 1.78. The van der Waals surface area contributed by atoms with Gasteiger partial charge in [0.25, 0.3) is 0 Å². The molecule has 0 fully saturated rings. The Balaban J connectivity index is 2.34. The molecule has 0 radical (unpaired) electrons. The molecule has 1 heterocycles. The van der Waals surface area contributed by atoms with E-state index in [4.69, 9.17) is 18.0 Å². The van der Waals surface area contributed by atoms with Crippen molar-refractivity contribution in [3.8, 4) is 0 Å². The first-order chi connectivity index (χ1) is 8.63. The molecule has 0 unspecified atom stereocenters. The first kappa shape index (κ1) is 15.1. The standard InChI is InChI=1S/C13H20N2OS2/c1-2-8-15(10-12(14)17)13(16)7-3-5-11-6-4-9-18-11/h4,6,9H,2-3,5,7-8,10H2,1H3,(H2,14,17). The summed E-state index contributed by atoms with van der Waals surface area (Å²) in [5, 5.41) is 2.06. The van der Waals surface area contributed by atoms with Crippen LogP contribution in [0.25, 0.3) is 0 Å². The van der Waals surface area contributed by atoms with Crippen LogP contribution in [-0.4, -0.2) is 28.9 Å². The number of hydrogen-bond acceptors (Lipinski definition) is 3. The van der Waals surface area contributed by atoms with Crippen molar-refractivity contribution in [3.05, 3.63) is 22.4 Å². The molecule has 0 bridgehead atoms. The van der Waals surface area contributed by atoms with Crippen LogP contribution in [0.4, 0.5) is 0 Å². The zero-order chi connectivity index (χ0) is 13.4. The van der Waals surface area contributed by atoms with Gasteiger partial charge in [0.1, 0.15) is 0 Å². The lowest BCUT2D eigenvalue weighted by Crippen LogP contribution is -2.38. The zero-order valence-electron chi connectivity index (χ0n) is 10.7. The van der Waals surface area contributed by atoms with Gasteiger partial charge in [-0.2, -0.15) is 0 Å². The summed E-state index contributed by atoms with van der Waals surface area (Å²) in [6.07, 6.45) is 3.35. The molecule has 3 nitrogen and oxygen atoms in total. The SMILES string of the molecule is CCCN(CC(N)=S)C(=O)CCCc1cccs1. The van der Waals surface area contributed by atoms with Crippen LogP contribution in [-0.2, 0) is 11.2 Å². The van der Waals surface area contributed by atoms with E-state index in [0.717, 1.165) is 25.8 Å². The predicted molar refractivity (Wildman–Crippen MR) is 80.9 cm³/mol. The van der Waals surface area contributed by atoms with Crippen LogP contribution in [0, 0.1) is 0 Å². The van der Waals surface area contributed by atoms with Crippen LogP contribution in [0.2, 0.25) is 0 Å². The van der Waals surface area contributed by atoms with Gasteiger partial charge in [-0.15, -0.1) is 11.3 Å². The van der Waals surface area contributed by atoms with Crippen molar-refractivity contribution in [2.45, 2.75) is 32.6 Å². The number of thiocarbonyl (C=S) groups is 1. The highest BCUT2D eigenvalue weighted by Gasteiger charge is 2.13. The molecule has 1 aromatic heterocycles. The van der Waals surface area contributed by atoms with Crippen molar-refractivity contribution in [2.24, 2.45) is 5.73 Å². The van der Waals surface area contributed by atoms with Gasteiger partial charge in [-0.3, -0.25) is 4.79 Å². The van der Waals surface area contributed by atoms with Crippen molar-refractivity contribution in [3.63, 3.8) is 0 Å². The number of carbonyl (C=O) groups is 1. The normalized spacial score (nSPS) is 10.3. The fourth-order valence-corrected chi connectivity index (χ4v) is 2.68. The molecule has 0 saturated heterocycles. The maximum absolute atomic E-state index is 12.0. The molecule has 100 valence electrons. The van der Waals surface area contributed by atoms with Crippen molar-refractivity contribution >= 4 is 34.5 Å². The van der Waals surface area contributed by atoms with Gasteiger partial charge in [0.05, 0.1) is 11.5 Å². The molecular formula is C13H20N2OS2. The number of carbonyl (C=O) groups excluding carboxylic acids is 1. The first-order valence-electron chi connectivity index (χ1n) is 6.22. The van der Waals surface area contributed by atoms with Crippen molar-refractivity contribution < 1.29 is 4.79 Å². The third-order valence-corrected chi connectivity index (χ3v) is 3.65. The fraction of sp³-hybridized carbons (Fsp3) is 0.538. The zero-order valence-corrected chi connectivity index (χ0v) is 12.4. The molecule has 1 rings (SSSR count). The Labute approximate surface area is 118 Å². The summed E-state index contributed by atoms with van der Waals surface area (Å²) in [5.41, 5.74) is 5.51. The summed E-state index contributed by atoms with van der Waals surface area (Å²) in [5.74, 6) is 0.154. The summed E-state index contributed by atoms with van der Waals surface area (Å²) < 4.78 is 0. The third-order valence-electron chi connectivity index (χ3n) is 2.59. The second-order valence-electron chi connectivity index (χ2n) is 4.21. The number of nitrogens with two attached hydrogens (primary N) is 1. The second-order valence-corrected chi connectivity index (χ2v) is 5.77. The van der Waals surface area contributed by atoms with E-state index in [0.29, 0.717) is 18.0 Å². The van der Waals surface area contributed by atoms with E-state index in [9.17, 15) is 4.79 Å². The monoisotopic (exact) mass is 284 g/mol. The summed E-state index contributed by atoms with van der Waals surface area (Å²) in [4.78, 5) is 15.5. The molecule has 0 atom stereocenters. The molecular weight excluding hydrogens is 264 g/mol. The minimum absolute atomic E-state index is 0.154. The van der Waals surface area contributed by atoms with Crippen LogP contribution in [0.1, 0.15) is 31.1 Å². The lowest BCUT2D eigenvalue weighted by atomic mass is 10.2. The molecule has 0 aromatic carbocycles. The highest BCUT2D eigenvalue weighted by Crippen LogP contribution is 2.12. The van der Waals surface area contributed by atoms with E-state index < -0.39 is 0 Å². The Bertz CT molecular complexity index is 376. The Morgan fingerprint density at radius 3 is 2.89 bits per heavy atom. The van der Waals surface area contributed by atoms with Gasteiger partial charge in [-0.05, 0) is 30.7 Å². The van der Waals surface area contributed by atoms with Gasteiger partial charge in [-0.25, -0.2) is 0 Å². The lowest BCUT2D eigenvalue weighted by Gasteiger charge is -2.21. The van der Waals surface area contributed by atoms with E-state index >= 15 is 0 Å². The van der Waals surface area contributed by atoms with Crippen molar-refractivity contribution in [1.29, 1.82) is 0 Å². The van der Waals surface area contributed by atoms with Gasteiger partial charge in [0.2, 0.25) is 5.91 Å². The van der Waals surface area contributed by atoms with E-state index in [1.54, 1.807) is 16.2 Å². The molecule has 0 saturated carbocycles. The molecule has 5 heteroatoms. The second kappa shape index (κ2) is 8.21. The topological polar surface area (TPSA) is 46.3 Å². The molecule has 0 aliphatic heterocycles. The smallest absolute Gasteiger partial charge is 0.222 e. The molecule has 0 spiro atoms. The molecule has 2 N–H and O–H groups in total. The summed E-state index contributed by atoms with van der Waals surface area (Å²) in [6.45, 7) is 3.18. The minimum atomic E-state index is 0.154. The maximum Gasteiger partial charge on any atom is 0.222 e. The van der Waals surface area contributed by atoms with Crippen LogP contribution in [0.15, 0.2) is 17.5 Å². The Morgan fingerprint density at radius 1 is 1.56 bits per heavy atom. The van der Waals surface area contributed by atoms with Gasteiger partial charge >= 0.3 is 0 Å². The van der Waals surface area contributed by atoms with E-state index in [-0.39, 0.29) is 5.91 Å². The average molecular weight is 284 g/mol. The number of hydrogen-bond donors (Lipinski definition) is 1. The lowest BCUT2D eigenvalue weighted by molar-refractivity contribution is -0.130. The average Bonchev–Trinajstić information content (AvgIpc) is 2.81. The highest BCUT2D eigenvalue weighted by atomic mass is 32.1. The van der Waals surface area contributed by atoms with Crippen LogP contribution in [0.5, 0.6) is 0 Å². The number of nitrogens with zero attached hydrogens (tertiary/aromatic N) is 1. The molecule has 0 aliphatic carbocycles. The van der Waals surface area contributed by atoms with Gasteiger partial charge in [-0.1, -0.05) is 25.2 Å². The maximum atomic E-state index is 12.0. The van der Waals surface area contributed by atoms with E-state index in [1.165, 1.54) is 4.88 Å². The first-order valence-corrected chi connectivity index (χ1v) is 7.50. The van der Waals surface area contributed by atoms with Crippen LogP contribution >= 0.6 is 23.6 Å². The molecule has 18 heavy (non-hydrogen) atoms. The third kappa shape index (κ3) is 5.60.